The monoisotopic (exact) mass is 316 g/mol. The van der Waals surface area contributed by atoms with E-state index >= 15 is 0 Å². The summed E-state index contributed by atoms with van der Waals surface area (Å²) >= 11 is 0. The molecule has 120 valence electrons. The first-order valence-corrected chi connectivity index (χ1v) is 7.56. The molecule has 3 rings (SSSR count). The number of halogens is 2. The maximum absolute atomic E-state index is 13.9. The molecule has 0 spiro atoms. The predicted molar refractivity (Wildman–Crippen MR) is 83.7 cm³/mol. The Kier molecular flexibility index (Phi) is 3.83. The fourth-order valence-electron chi connectivity index (χ4n) is 2.42. The molecular formula is C17H18F2N4. The van der Waals surface area contributed by atoms with Crippen LogP contribution in [0, 0.1) is 13.8 Å². The van der Waals surface area contributed by atoms with Gasteiger partial charge in [0, 0.05) is 18.5 Å². The third-order valence-electron chi connectivity index (χ3n) is 3.79. The lowest BCUT2D eigenvalue weighted by atomic mass is 10.1. The lowest BCUT2D eigenvalue weighted by Gasteiger charge is -2.08. The first kappa shape index (κ1) is 15.5. The van der Waals surface area contributed by atoms with Crippen molar-refractivity contribution in [3.05, 3.63) is 58.7 Å². The molecule has 0 saturated carbocycles. The number of fused-ring (bicyclic) bond motifs is 1. The fourth-order valence-corrected chi connectivity index (χ4v) is 2.42. The number of alkyl halides is 2. The molecule has 0 unspecified atom stereocenters. The Balaban J connectivity index is 2.07. The first-order valence-electron chi connectivity index (χ1n) is 7.56. The maximum atomic E-state index is 13.9. The molecule has 23 heavy (non-hydrogen) atoms. The molecule has 1 aromatic carbocycles. The summed E-state index contributed by atoms with van der Waals surface area (Å²) in [5, 5.41) is 4.00. The summed E-state index contributed by atoms with van der Waals surface area (Å²) in [6.45, 7) is 5.26. The van der Waals surface area contributed by atoms with Gasteiger partial charge in [-0.25, -0.2) is 9.50 Å². The zero-order valence-corrected chi connectivity index (χ0v) is 13.3. The summed E-state index contributed by atoms with van der Waals surface area (Å²) in [4.78, 5) is 8.14. The van der Waals surface area contributed by atoms with Crippen LogP contribution in [0.1, 0.15) is 41.7 Å². The Morgan fingerprint density at radius 3 is 2.43 bits per heavy atom. The SMILES string of the molecule is CCC(F)(F)c1nc2nc(C)cc(Cc3ccc(C)cc3)n2n1. The Bertz CT molecular complexity index is 838. The van der Waals surface area contributed by atoms with Gasteiger partial charge in [-0.05, 0) is 25.5 Å². The van der Waals surface area contributed by atoms with Gasteiger partial charge in [0.2, 0.25) is 5.82 Å². The standard InChI is InChI=1S/C17H18F2N4/c1-4-17(18,19)15-21-16-20-12(3)9-14(23(16)22-15)10-13-7-5-11(2)6-8-13/h5-9H,4,10H2,1-3H3. The average Bonchev–Trinajstić information content (AvgIpc) is 2.94. The van der Waals surface area contributed by atoms with Crippen LogP contribution in [0.4, 0.5) is 8.78 Å². The molecular weight excluding hydrogens is 298 g/mol. The second kappa shape index (κ2) is 5.68. The van der Waals surface area contributed by atoms with Crippen molar-refractivity contribution in [2.45, 2.75) is 39.5 Å². The maximum Gasteiger partial charge on any atom is 0.308 e. The number of hydrogen-bond donors (Lipinski definition) is 0. The summed E-state index contributed by atoms with van der Waals surface area (Å²) in [6, 6.07) is 9.96. The van der Waals surface area contributed by atoms with E-state index in [1.165, 1.54) is 17.0 Å². The van der Waals surface area contributed by atoms with E-state index < -0.39 is 11.7 Å². The normalized spacial score (nSPS) is 12.0. The number of rotatable bonds is 4. The highest BCUT2D eigenvalue weighted by Gasteiger charge is 2.34. The van der Waals surface area contributed by atoms with Gasteiger partial charge in [-0.1, -0.05) is 36.8 Å². The Morgan fingerprint density at radius 1 is 1.09 bits per heavy atom. The zero-order valence-electron chi connectivity index (χ0n) is 13.3. The highest BCUT2D eigenvalue weighted by Crippen LogP contribution is 2.29. The summed E-state index contributed by atoms with van der Waals surface area (Å²) in [6.07, 6.45) is 0.247. The van der Waals surface area contributed by atoms with E-state index in [4.69, 9.17) is 0 Å². The minimum atomic E-state index is -3.04. The van der Waals surface area contributed by atoms with Crippen molar-refractivity contribution in [3.8, 4) is 0 Å². The summed E-state index contributed by atoms with van der Waals surface area (Å²) < 4.78 is 29.1. The van der Waals surface area contributed by atoms with Gasteiger partial charge < -0.3 is 0 Å². The summed E-state index contributed by atoms with van der Waals surface area (Å²) in [5.41, 5.74) is 3.79. The second-order valence-corrected chi connectivity index (χ2v) is 5.76. The van der Waals surface area contributed by atoms with E-state index in [-0.39, 0.29) is 12.2 Å². The van der Waals surface area contributed by atoms with Crippen molar-refractivity contribution < 1.29 is 8.78 Å². The van der Waals surface area contributed by atoms with Crippen LogP contribution in [0.5, 0.6) is 0 Å². The number of nitrogens with zero attached hydrogens (tertiary/aromatic N) is 4. The van der Waals surface area contributed by atoms with Crippen LogP contribution in [0.2, 0.25) is 0 Å². The average molecular weight is 316 g/mol. The molecule has 0 aliphatic heterocycles. The van der Waals surface area contributed by atoms with E-state index in [2.05, 4.69) is 15.1 Å². The van der Waals surface area contributed by atoms with Crippen molar-refractivity contribution >= 4 is 5.78 Å². The van der Waals surface area contributed by atoms with Gasteiger partial charge in [0.15, 0.2) is 0 Å². The van der Waals surface area contributed by atoms with Crippen molar-refractivity contribution in [1.82, 2.24) is 19.6 Å². The molecule has 0 bridgehead atoms. The molecule has 4 nitrogen and oxygen atoms in total. The predicted octanol–water partition coefficient (Wildman–Crippen LogP) is 3.83. The largest absolute Gasteiger partial charge is 0.308 e. The van der Waals surface area contributed by atoms with E-state index in [9.17, 15) is 8.78 Å². The van der Waals surface area contributed by atoms with Gasteiger partial charge in [-0.15, -0.1) is 5.10 Å². The number of benzene rings is 1. The smallest absolute Gasteiger partial charge is 0.216 e. The summed E-state index contributed by atoms with van der Waals surface area (Å²) in [7, 11) is 0. The second-order valence-electron chi connectivity index (χ2n) is 5.76. The van der Waals surface area contributed by atoms with Gasteiger partial charge in [0.25, 0.3) is 5.78 Å². The van der Waals surface area contributed by atoms with E-state index in [0.717, 1.165) is 17.0 Å². The highest BCUT2D eigenvalue weighted by molar-refractivity contribution is 5.35. The molecule has 0 N–H and O–H groups in total. The molecule has 6 heteroatoms. The van der Waals surface area contributed by atoms with Crippen LogP contribution in [-0.2, 0) is 12.3 Å². The Hall–Kier alpha value is -2.37. The van der Waals surface area contributed by atoms with Crippen LogP contribution < -0.4 is 0 Å². The molecule has 0 aliphatic rings. The van der Waals surface area contributed by atoms with E-state index in [1.807, 2.05) is 44.2 Å². The highest BCUT2D eigenvalue weighted by atomic mass is 19.3. The van der Waals surface area contributed by atoms with E-state index in [1.54, 1.807) is 0 Å². The molecule has 0 radical (unpaired) electrons. The lowest BCUT2D eigenvalue weighted by molar-refractivity contribution is -0.0173. The zero-order chi connectivity index (χ0) is 16.6. The van der Waals surface area contributed by atoms with Crippen LogP contribution in [0.3, 0.4) is 0 Å². The third kappa shape index (κ3) is 3.06. The minimum absolute atomic E-state index is 0.218. The van der Waals surface area contributed by atoms with Crippen LogP contribution in [0.25, 0.3) is 5.78 Å². The van der Waals surface area contributed by atoms with Crippen molar-refractivity contribution in [2.24, 2.45) is 0 Å². The molecule has 3 aromatic rings. The van der Waals surface area contributed by atoms with Gasteiger partial charge in [-0.3, -0.25) is 0 Å². The molecule has 0 amide bonds. The van der Waals surface area contributed by atoms with Crippen LogP contribution >= 0.6 is 0 Å². The molecule has 2 aromatic heterocycles. The van der Waals surface area contributed by atoms with Gasteiger partial charge in [-0.2, -0.15) is 13.8 Å². The van der Waals surface area contributed by atoms with Crippen molar-refractivity contribution in [2.75, 3.05) is 0 Å². The Morgan fingerprint density at radius 2 is 1.78 bits per heavy atom. The molecule has 0 fully saturated rings. The van der Waals surface area contributed by atoms with Crippen LogP contribution in [-0.4, -0.2) is 19.6 Å². The Labute approximate surface area is 133 Å². The number of hydrogen-bond acceptors (Lipinski definition) is 3. The van der Waals surface area contributed by atoms with Gasteiger partial charge in [0.05, 0.1) is 5.69 Å². The minimum Gasteiger partial charge on any atom is -0.216 e. The number of aromatic nitrogens is 4. The number of aryl methyl sites for hydroxylation is 2. The first-order chi connectivity index (χ1) is 10.9. The van der Waals surface area contributed by atoms with Crippen molar-refractivity contribution in [1.29, 1.82) is 0 Å². The van der Waals surface area contributed by atoms with Crippen LogP contribution in [0.15, 0.2) is 30.3 Å². The molecule has 0 atom stereocenters. The quantitative estimate of drug-likeness (QED) is 0.734. The third-order valence-corrected chi connectivity index (χ3v) is 3.79. The van der Waals surface area contributed by atoms with Crippen molar-refractivity contribution in [3.63, 3.8) is 0 Å². The molecule has 2 heterocycles. The topological polar surface area (TPSA) is 43.1 Å². The van der Waals surface area contributed by atoms with E-state index in [0.29, 0.717) is 6.42 Å². The molecule has 0 saturated heterocycles. The molecule has 0 aliphatic carbocycles. The fraction of sp³-hybridized carbons (Fsp3) is 0.353. The van der Waals surface area contributed by atoms with Gasteiger partial charge in [0.1, 0.15) is 0 Å². The van der Waals surface area contributed by atoms with Gasteiger partial charge >= 0.3 is 5.92 Å². The summed E-state index contributed by atoms with van der Waals surface area (Å²) in [5.74, 6) is -3.29. The lowest BCUT2D eigenvalue weighted by Crippen LogP contribution is -2.14.